The van der Waals surface area contributed by atoms with E-state index in [2.05, 4.69) is 22.4 Å². The molecule has 4 aromatic rings. The predicted molar refractivity (Wildman–Crippen MR) is 138 cm³/mol. The molecule has 1 atom stereocenters. The lowest BCUT2D eigenvalue weighted by Gasteiger charge is -2.35. The molecule has 0 unspecified atom stereocenters. The number of benzene rings is 2. The van der Waals surface area contributed by atoms with Crippen molar-refractivity contribution in [2.75, 3.05) is 30.8 Å². The molecule has 1 fully saturated rings. The molecule has 12 heteroatoms. The molecule has 10 nitrogen and oxygen atoms in total. The Morgan fingerprint density at radius 2 is 1.86 bits per heavy atom. The van der Waals surface area contributed by atoms with Crippen molar-refractivity contribution in [2.45, 2.75) is 6.04 Å². The van der Waals surface area contributed by atoms with Crippen LogP contribution in [0.25, 0.3) is 21.9 Å². The number of hydrogen-bond donors (Lipinski definition) is 3. The first-order chi connectivity index (χ1) is 17.4. The van der Waals surface area contributed by atoms with Gasteiger partial charge in [0.05, 0.1) is 22.8 Å². The molecule has 5 rings (SSSR count). The number of carbonyl (C=O) groups is 1. The molecule has 37 heavy (non-hydrogen) atoms. The average Bonchev–Trinajstić information content (AvgIpc) is 2.84. The van der Waals surface area contributed by atoms with Gasteiger partial charge in [-0.3, -0.25) is 9.35 Å². The summed E-state index contributed by atoms with van der Waals surface area (Å²) in [5.74, 6) is -1.71. The normalized spacial score (nSPS) is 15.9. The van der Waals surface area contributed by atoms with Crippen LogP contribution in [0.2, 0.25) is 0 Å². The van der Waals surface area contributed by atoms with Gasteiger partial charge in [0.2, 0.25) is 5.43 Å². The smallest absolute Gasteiger partial charge is 0.341 e. The van der Waals surface area contributed by atoms with Crippen LogP contribution in [0.3, 0.4) is 0 Å². The minimum absolute atomic E-state index is 0.0832. The van der Waals surface area contributed by atoms with Crippen molar-refractivity contribution in [2.24, 2.45) is 7.05 Å². The van der Waals surface area contributed by atoms with Crippen molar-refractivity contribution in [1.29, 1.82) is 0 Å². The van der Waals surface area contributed by atoms with Gasteiger partial charge >= 0.3 is 5.97 Å². The summed E-state index contributed by atoms with van der Waals surface area (Å²) in [6.07, 6.45) is 1.98. The predicted octanol–water partition coefficient (Wildman–Crippen LogP) is 2.58. The number of piperazine rings is 1. The second kappa shape index (κ2) is 10.2. The average molecular weight is 529 g/mol. The molecule has 0 bridgehead atoms. The van der Waals surface area contributed by atoms with E-state index in [1.807, 2.05) is 23.1 Å². The van der Waals surface area contributed by atoms with Gasteiger partial charge < -0.3 is 19.9 Å². The lowest BCUT2D eigenvalue weighted by Crippen LogP contribution is -2.46. The SMILES string of the molecule is CS(=O)(=O)O.Cn1cc(C(=O)O)c(=O)c2cc3cc(F)c(N4CCN[C@H](c5ccccc5)C4)cc3nc21. The van der Waals surface area contributed by atoms with Gasteiger partial charge in [-0.2, -0.15) is 8.42 Å². The summed E-state index contributed by atoms with van der Waals surface area (Å²) in [7, 11) is -2.03. The fraction of sp³-hybridized carbons (Fsp3) is 0.240. The van der Waals surface area contributed by atoms with Crippen molar-refractivity contribution in [1.82, 2.24) is 14.9 Å². The van der Waals surface area contributed by atoms with E-state index in [1.54, 1.807) is 13.1 Å². The fourth-order valence-corrected chi connectivity index (χ4v) is 4.34. The molecule has 2 aromatic carbocycles. The number of carboxylic acids is 1. The molecule has 1 saturated heterocycles. The molecule has 0 radical (unpaired) electrons. The van der Waals surface area contributed by atoms with Crippen LogP contribution in [-0.2, 0) is 17.2 Å². The van der Waals surface area contributed by atoms with Crippen LogP contribution in [0.4, 0.5) is 10.1 Å². The van der Waals surface area contributed by atoms with E-state index in [0.29, 0.717) is 48.1 Å². The van der Waals surface area contributed by atoms with Crippen LogP contribution in [0.5, 0.6) is 0 Å². The minimum atomic E-state index is -3.67. The number of aromatic carboxylic acids is 1. The van der Waals surface area contributed by atoms with E-state index in [9.17, 15) is 23.1 Å². The topological polar surface area (TPSA) is 142 Å². The van der Waals surface area contributed by atoms with Gasteiger partial charge in [0.25, 0.3) is 10.1 Å². The first-order valence-electron chi connectivity index (χ1n) is 11.2. The number of rotatable bonds is 3. The summed E-state index contributed by atoms with van der Waals surface area (Å²) in [6.45, 7) is 1.98. The van der Waals surface area contributed by atoms with Gasteiger partial charge in [-0.25, -0.2) is 14.2 Å². The highest BCUT2D eigenvalue weighted by Crippen LogP contribution is 2.29. The van der Waals surface area contributed by atoms with Crippen molar-refractivity contribution in [3.63, 3.8) is 0 Å². The van der Waals surface area contributed by atoms with E-state index in [4.69, 9.17) is 4.55 Å². The van der Waals surface area contributed by atoms with Crippen LogP contribution < -0.4 is 15.6 Å². The second-order valence-electron chi connectivity index (χ2n) is 8.74. The van der Waals surface area contributed by atoms with Crippen LogP contribution in [0, 0.1) is 5.82 Å². The molecule has 0 spiro atoms. The van der Waals surface area contributed by atoms with Gasteiger partial charge in [0.1, 0.15) is 17.0 Å². The number of pyridine rings is 2. The maximum Gasteiger partial charge on any atom is 0.341 e. The Morgan fingerprint density at radius 3 is 2.51 bits per heavy atom. The lowest BCUT2D eigenvalue weighted by atomic mass is 10.0. The monoisotopic (exact) mass is 528 g/mol. The highest BCUT2D eigenvalue weighted by molar-refractivity contribution is 7.85. The van der Waals surface area contributed by atoms with Gasteiger partial charge in [-0.1, -0.05) is 30.3 Å². The van der Waals surface area contributed by atoms with E-state index in [1.165, 1.54) is 22.9 Å². The Hall–Kier alpha value is -3.87. The van der Waals surface area contributed by atoms with E-state index >= 15 is 4.39 Å². The Labute approximate surface area is 211 Å². The molecule has 2 aromatic heterocycles. The summed E-state index contributed by atoms with van der Waals surface area (Å²) < 4.78 is 42.5. The Balaban J connectivity index is 0.000000586. The number of carboxylic acid groups (broad SMARTS) is 1. The Morgan fingerprint density at radius 1 is 1.19 bits per heavy atom. The molecule has 1 aliphatic heterocycles. The Bertz CT molecular complexity index is 1650. The molecular formula is C25H25FN4O6S. The third-order valence-electron chi connectivity index (χ3n) is 5.96. The molecule has 0 saturated carbocycles. The number of nitrogens with zero attached hydrogens (tertiary/aromatic N) is 3. The van der Waals surface area contributed by atoms with Crippen LogP contribution in [0.1, 0.15) is 22.0 Å². The Kier molecular flexibility index (Phi) is 7.25. The third-order valence-corrected chi connectivity index (χ3v) is 5.96. The molecule has 0 aliphatic carbocycles. The van der Waals surface area contributed by atoms with Crippen molar-refractivity contribution < 1.29 is 27.3 Å². The molecular weight excluding hydrogens is 503 g/mol. The van der Waals surface area contributed by atoms with E-state index in [0.717, 1.165) is 5.56 Å². The summed E-state index contributed by atoms with van der Waals surface area (Å²) in [5.41, 5.74) is 1.53. The number of hydrogen-bond acceptors (Lipinski definition) is 7. The van der Waals surface area contributed by atoms with Crippen LogP contribution in [0.15, 0.2) is 59.5 Å². The number of halogens is 1. The van der Waals surface area contributed by atoms with E-state index < -0.39 is 27.3 Å². The van der Waals surface area contributed by atoms with Gasteiger partial charge in [0, 0.05) is 44.3 Å². The summed E-state index contributed by atoms with van der Waals surface area (Å²) in [6, 6.07) is 14.7. The zero-order valence-electron chi connectivity index (χ0n) is 20.1. The highest BCUT2D eigenvalue weighted by atomic mass is 32.2. The zero-order valence-corrected chi connectivity index (χ0v) is 20.9. The van der Waals surface area contributed by atoms with Crippen molar-refractivity contribution in [3.8, 4) is 0 Å². The zero-order chi connectivity index (χ0) is 26.9. The lowest BCUT2D eigenvalue weighted by molar-refractivity contribution is 0.0695. The van der Waals surface area contributed by atoms with Crippen molar-refractivity contribution >= 4 is 43.7 Å². The summed E-state index contributed by atoms with van der Waals surface area (Å²) >= 11 is 0. The van der Waals surface area contributed by atoms with Gasteiger partial charge in [-0.15, -0.1) is 0 Å². The van der Waals surface area contributed by atoms with Crippen molar-refractivity contribution in [3.05, 3.63) is 81.9 Å². The molecule has 3 N–H and O–H groups in total. The standard InChI is InChI=1S/C24H21FN4O3.CH4O3S/c1-28-12-17(24(31)32)22(30)16-9-15-10-18(25)21(11-19(15)27-23(16)28)29-8-7-26-20(13-29)14-5-3-2-4-6-14;1-5(2,3)4/h2-6,9-12,20,26H,7-8,13H2,1H3,(H,31,32);1H3,(H,2,3,4)/t20-;/m0./s1. The molecule has 194 valence electrons. The van der Waals surface area contributed by atoms with Crippen LogP contribution in [-0.4, -0.2) is 59.5 Å². The summed E-state index contributed by atoms with van der Waals surface area (Å²) in [4.78, 5) is 30.5. The molecule has 3 heterocycles. The van der Waals surface area contributed by atoms with Gasteiger partial charge in [-0.05, 0) is 23.8 Å². The maximum absolute atomic E-state index is 15.2. The summed E-state index contributed by atoms with van der Waals surface area (Å²) in [5, 5.41) is 13.4. The quantitative estimate of drug-likeness (QED) is 0.270. The number of fused-ring (bicyclic) bond motifs is 2. The maximum atomic E-state index is 15.2. The number of nitrogens with one attached hydrogen (secondary N) is 1. The largest absolute Gasteiger partial charge is 0.477 e. The molecule has 1 aliphatic rings. The highest BCUT2D eigenvalue weighted by Gasteiger charge is 2.24. The first kappa shape index (κ1) is 26.2. The minimum Gasteiger partial charge on any atom is -0.477 e. The second-order valence-corrected chi connectivity index (χ2v) is 10.2. The number of aromatic nitrogens is 2. The first-order valence-corrected chi connectivity index (χ1v) is 13.1. The number of anilines is 1. The fourth-order valence-electron chi connectivity index (χ4n) is 4.34. The van der Waals surface area contributed by atoms with Gasteiger partial charge in [0.15, 0.2) is 0 Å². The third kappa shape index (κ3) is 5.93. The molecule has 0 amide bonds. The number of aryl methyl sites for hydroxylation is 1. The van der Waals surface area contributed by atoms with Crippen LogP contribution >= 0.6 is 0 Å². The van der Waals surface area contributed by atoms with E-state index in [-0.39, 0.29) is 17.0 Å².